The summed E-state index contributed by atoms with van der Waals surface area (Å²) >= 11 is 3.21. The summed E-state index contributed by atoms with van der Waals surface area (Å²) in [5, 5.41) is 13.5. The number of aryl methyl sites for hydroxylation is 1. The van der Waals surface area contributed by atoms with E-state index in [1.165, 1.54) is 0 Å². The van der Waals surface area contributed by atoms with E-state index in [1.54, 1.807) is 29.8 Å². The second-order valence-electron chi connectivity index (χ2n) is 3.44. The van der Waals surface area contributed by atoms with E-state index in [2.05, 4.69) is 20.5 Å². The van der Waals surface area contributed by atoms with E-state index in [0.717, 1.165) is 33.7 Å². The maximum atomic E-state index is 4.96. The standard InChI is InChI=1S/C10H14N4OS2/c1-7-9(16-6-12-7)10-14-13-8(17-10)5-11-3-4-15-2/h6,11H,3-5H2,1-2H3. The summed E-state index contributed by atoms with van der Waals surface area (Å²) in [6.07, 6.45) is 0. The Morgan fingerprint density at radius 2 is 2.29 bits per heavy atom. The highest BCUT2D eigenvalue weighted by Gasteiger charge is 2.10. The van der Waals surface area contributed by atoms with Gasteiger partial charge in [0.2, 0.25) is 0 Å². The number of thiazole rings is 1. The van der Waals surface area contributed by atoms with Crippen molar-refractivity contribution < 1.29 is 4.74 Å². The first-order chi connectivity index (χ1) is 8.31. The highest BCUT2D eigenvalue weighted by molar-refractivity contribution is 7.20. The summed E-state index contributed by atoms with van der Waals surface area (Å²) < 4.78 is 4.96. The second-order valence-corrected chi connectivity index (χ2v) is 5.35. The quantitative estimate of drug-likeness (QED) is 0.810. The molecule has 0 saturated carbocycles. The van der Waals surface area contributed by atoms with Crippen molar-refractivity contribution in [1.29, 1.82) is 0 Å². The van der Waals surface area contributed by atoms with Crippen LogP contribution in [0.25, 0.3) is 9.88 Å². The van der Waals surface area contributed by atoms with Crippen molar-refractivity contribution in [3.8, 4) is 9.88 Å². The lowest BCUT2D eigenvalue weighted by molar-refractivity contribution is 0.199. The molecule has 0 unspecified atom stereocenters. The lowest BCUT2D eigenvalue weighted by atomic mass is 10.4. The minimum Gasteiger partial charge on any atom is -0.383 e. The smallest absolute Gasteiger partial charge is 0.159 e. The molecule has 2 rings (SSSR count). The van der Waals surface area contributed by atoms with Gasteiger partial charge in [-0.05, 0) is 6.92 Å². The molecule has 0 aliphatic heterocycles. The summed E-state index contributed by atoms with van der Waals surface area (Å²) in [6, 6.07) is 0. The van der Waals surface area contributed by atoms with Crippen molar-refractivity contribution in [3.05, 3.63) is 16.2 Å². The molecule has 0 amide bonds. The molecule has 2 aromatic rings. The Kier molecular flexibility index (Phi) is 4.55. The first-order valence-electron chi connectivity index (χ1n) is 5.23. The first-order valence-corrected chi connectivity index (χ1v) is 6.93. The molecule has 0 radical (unpaired) electrons. The van der Waals surface area contributed by atoms with Gasteiger partial charge in [-0.1, -0.05) is 11.3 Å². The number of hydrogen-bond acceptors (Lipinski definition) is 7. The van der Waals surface area contributed by atoms with Crippen LogP contribution in [0.5, 0.6) is 0 Å². The topological polar surface area (TPSA) is 59.9 Å². The molecule has 17 heavy (non-hydrogen) atoms. The zero-order valence-corrected chi connectivity index (χ0v) is 11.4. The summed E-state index contributed by atoms with van der Waals surface area (Å²) in [6.45, 7) is 4.26. The second kappa shape index (κ2) is 6.15. The third-order valence-corrected chi connectivity index (χ3v) is 4.17. The highest BCUT2D eigenvalue weighted by atomic mass is 32.1. The van der Waals surface area contributed by atoms with Crippen molar-refractivity contribution in [2.45, 2.75) is 13.5 Å². The molecule has 0 spiro atoms. The maximum absolute atomic E-state index is 4.96. The monoisotopic (exact) mass is 270 g/mol. The zero-order chi connectivity index (χ0) is 12.1. The normalized spacial score (nSPS) is 10.9. The molecule has 2 aromatic heterocycles. The maximum Gasteiger partial charge on any atom is 0.159 e. The molecule has 0 atom stereocenters. The van der Waals surface area contributed by atoms with E-state index in [9.17, 15) is 0 Å². The number of methoxy groups -OCH3 is 1. The van der Waals surface area contributed by atoms with Crippen LogP contribution < -0.4 is 5.32 Å². The predicted molar refractivity (Wildman–Crippen MR) is 69.3 cm³/mol. The van der Waals surface area contributed by atoms with Gasteiger partial charge < -0.3 is 10.1 Å². The number of rotatable bonds is 6. The zero-order valence-electron chi connectivity index (χ0n) is 9.77. The summed E-state index contributed by atoms with van der Waals surface area (Å²) in [4.78, 5) is 5.33. The largest absolute Gasteiger partial charge is 0.383 e. The molecule has 7 heteroatoms. The fourth-order valence-electron chi connectivity index (χ4n) is 1.29. The summed E-state index contributed by atoms with van der Waals surface area (Å²) in [5.41, 5.74) is 2.85. The van der Waals surface area contributed by atoms with Crippen molar-refractivity contribution >= 4 is 22.7 Å². The average molecular weight is 270 g/mol. The van der Waals surface area contributed by atoms with E-state index in [-0.39, 0.29) is 0 Å². The van der Waals surface area contributed by atoms with Crippen LogP contribution in [0.2, 0.25) is 0 Å². The fourth-order valence-corrected chi connectivity index (χ4v) is 3.05. The Bertz CT molecular complexity index is 468. The van der Waals surface area contributed by atoms with Gasteiger partial charge in [-0.3, -0.25) is 0 Å². The van der Waals surface area contributed by atoms with Crippen LogP contribution in [0.3, 0.4) is 0 Å². The van der Waals surface area contributed by atoms with Crippen LogP contribution in [0.4, 0.5) is 0 Å². The minimum atomic E-state index is 0.708. The van der Waals surface area contributed by atoms with Gasteiger partial charge in [0.05, 0.1) is 22.7 Å². The molecular weight excluding hydrogens is 256 g/mol. The van der Waals surface area contributed by atoms with Gasteiger partial charge in [0.1, 0.15) is 5.01 Å². The molecule has 2 heterocycles. The Morgan fingerprint density at radius 1 is 1.41 bits per heavy atom. The van der Waals surface area contributed by atoms with Crippen LogP contribution in [-0.4, -0.2) is 35.4 Å². The SMILES string of the molecule is COCCNCc1nnc(-c2scnc2C)s1. The van der Waals surface area contributed by atoms with E-state index in [0.29, 0.717) is 6.61 Å². The van der Waals surface area contributed by atoms with Crippen molar-refractivity contribution in [1.82, 2.24) is 20.5 Å². The first kappa shape index (κ1) is 12.6. The third kappa shape index (κ3) is 3.29. The summed E-state index contributed by atoms with van der Waals surface area (Å²) in [5.74, 6) is 0. The van der Waals surface area contributed by atoms with E-state index >= 15 is 0 Å². The number of nitrogens with one attached hydrogen (secondary N) is 1. The Balaban J connectivity index is 1.95. The van der Waals surface area contributed by atoms with Crippen LogP contribution in [0.15, 0.2) is 5.51 Å². The molecule has 0 aliphatic rings. The van der Waals surface area contributed by atoms with Crippen LogP contribution in [0, 0.1) is 6.92 Å². The van der Waals surface area contributed by atoms with Crippen LogP contribution >= 0.6 is 22.7 Å². The van der Waals surface area contributed by atoms with Gasteiger partial charge in [0.15, 0.2) is 5.01 Å². The average Bonchev–Trinajstić information content (AvgIpc) is 2.93. The van der Waals surface area contributed by atoms with E-state index in [1.807, 2.05) is 12.4 Å². The predicted octanol–water partition coefficient (Wildman–Crippen LogP) is 1.71. The van der Waals surface area contributed by atoms with Gasteiger partial charge in [-0.15, -0.1) is 21.5 Å². The third-order valence-electron chi connectivity index (χ3n) is 2.17. The number of ether oxygens (including phenoxy) is 1. The summed E-state index contributed by atoms with van der Waals surface area (Å²) in [7, 11) is 1.69. The molecule has 0 fully saturated rings. The van der Waals surface area contributed by atoms with Gasteiger partial charge in [0, 0.05) is 20.2 Å². The van der Waals surface area contributed by atoms with Crippen molar-refractivity contribution in [2.75, 3.05) is 20.3 Å². The molecule has 0 saturated heterocycles. The van der Waals surface area contributed by atoms with Crippen molar-refractivity contribution in [3.63, 3.8) is 0 Å². The Hall–Kier alpha value is -0.890. The van der Waals surface area contributed by atoms with Gasteiger partial charge in [-0.25, -0.2) is 4.98 Å². The lowest BCUT2D eigenvalue weighted by Gasteiger charge is -1.99. The Labute approximate surface area is 108 Å². The van der Waals surface area contributed by atoms with Crippen LogP contribution in [-0.2, 0) is 11.3 Å². The molecule has 0 aromatic carbocycles. The van der Waals surface area contributed by atoms with Gasteiger partial charge in [0.25, 0.3) is 0 Å². The minimum absolute atomic E-state index is 0.708. The van der Waals surface area contributed by atoms with E-state index in [4.69, 9.17) is 4.74 Å². The number of aromatic nitrogens is 3. The molecule has 0 bridgehead atoms. The lowest BCUT2D eigenvalue weighted by Crippen LogP contribution is -2.18. The van der Waals surface area contributed by atoms with E-state index < -0.39 is 0 Å². The molecular formula is C10H14N4OS2. The van der Waals surface area contributed by atoms with Crippen LogP contribution in [0.1, 0.15) is 10.7 Å². The molecule has 92 valence electrons. The number of nitrogens with zero attached hydrogens (tertiary/aromatic N) is 3. The number of hydrogen-bond donors (Lipinski definition) is 1. The Morgan fingerprint density at radius 3 is 3.00 bits per heavy atom. The van der Waals surface area contributed by atoms with Gasteiger partial charge >= 0.3 is 0 Å². The van der Waals surface area contributed by atoms with Crippen molar-refractivity contribution in [2.24, 2.45) is 0 Å². The van der Waals surface area contributed by atoms with Gasteiger partial charge in [-0.2, -0.15) is 0 Å². The molecule has 1 N–H and O–H groups in total. The fraction of sp³-hybridized carbons (Fsp3) is 0.500. The molecule has 5 nitrogen and oxygen atoms in total. The molecule has 0 aliphatic carbocycles. The highest BCUT2D eigenvalue weighted by Crippen LogP contribution is 2.29.